The summed E-state index contributed by atoms with van der Waals surface area (Å²) in [4.78, 5) is 19.3. The fraction of sp³-hybridized carbons (Fsp3) is 0.600. The first-order valence-electron chi connectivity index (χ1n) is 9.47. The third-order valence-corrected chi connectivity index (χ3v) is 4.06. The molecule has 0 aliphatic carbocycles. The lowest BCUT2D eigenvalue weighted by Crippen LogP contribution is -2.41. The van der Waals surface area contributed by atoms with E-state index < -0.39 is 11.7 Å². The molecule has 1 amide bonds. The van der Waals surface area contributed by atoms with Crippen LogP contribution in [-0.4, -0.2) is 48.7 Å². The van der Waals surface area contributed by atoms with Crippen molar-refractivity contribution in [3.05, 3.63) is 35.9 Å². The first kappa shape index (κ1) is 20.1. The number of benzene rings is 1. The molecule has 1 heterocycles. The molecule has 1 aliphatic rings. The molecule has 1 unspecified atom stereocenters. The van der Waals surface area contributed by atoms with Crippen molar-refractivity contribution in [2.45, 2.75) is 52.2 Å². The fourth-order valence-corrected chi connectivity index (χ4v) is 2.90. The molecule has 1 aromatic rings. The minimum atomic E-state index is -0.529. The molecule has 1 atom stereocenters. The maximum absolute atomic E-state index is 12.3. The van der Waals surface area contributed by atoms with Crippen LogP contribution in [0.15, 0.2) is 35.3 Å². The number of nitrogens with one attached hydrogen (secondary N) is 2. The fourth-order valence-electron chi connectivity index (χ4n) is 2.90. The summed E-state index contributed by atoms with van der Waals surface area (Å²) in [6, 6.07) is 9.66. The predicted octanol–water partition coefficient (Wildman–Crippen LogP) is 3.31. The number of nitrogens with zero attached hydrogens (tertiary/aromatic N) is 2. The number of aliphatic imine (C=N–C) groups is 1. The SMILES string of the molecule is CCNC(=NCC(NC(=O)OC(C)(C)C)c1ccccc1)N1CCCC1. The van der Waals surface area contributed by atoms with E-state index in [4.69, 9.17) is 9.73 Å². The van der Waals surface area contributed by atoms with Crippen LogP contribution in [0.4, 0.5) is 4.79 Å². The second-order valence-electron chi connectivity index (χ2n) is 7.50. The standard InChI is InChI=1S/C20H32N4O2/c1-5-21-18(24-13-9-10-14-24)22-15-17(16-11-7-6-8-12-16)23-19(25)26-20(2,3)4/h6-8,11-12,17H,5,9-10,13-15H2,1-4H3,(H,21,22)(H,23,25). The van der Waals surface area contributed by atoms with E-state index in [2.05, 4.69) is 22.5 Å². The Hall–Kier alpha value is -2.24. The molecule has 0 saturated carbocycles. The van der Waals surface area contributed by atoms with Crippen molar-refractivity contribution in [2.24, 2.45) is 4.99 Å². The largest absolute Gasteiger partial charge is 0.444 e. The molecule has 6 nitrogen and oxygen atoms in total. The highest BCUT2D eigenvalue weighted by molar-refractivity contribution is 5.80. The molecule has 6 heteroatoms. The molecule has 1 aliphatic heterocycles. The van der Waals surface area contributed by atoms with Crippen molar-refractivity contribution in [3.8, 4) is 0 Å². The van der Waals surface area contributed by atoms with Gasteiger partial charge in [0, 0.05) is 19.6 Å². The molecule has 0 bridgehead atoms. The normalized spacial score (nSPS) is 16.3. The Bertz CT molecular complexity index is 590. The number of ether oxygens (including phenoxy) is 1. The molecule has 1 fully saturated rings. The number of hydrogen-bond acceptors (Lipinski definition) is 3. The van der Waals surface area contributed by atoms with E-state index in [-0.39, 0.29) is 6.04 Å². The monoisotopic (exact) mass is 360 g/mol. The second-order valence-corrected chi connectivity index (χ2v) is 7.50. The molecular formula is C20H32N4O2. The number of likely N-dealkylation sites (tertiary alicyclic amines) is 1. The summed E-state index contributed by atoms with van der Waals surface area (Å²) in [6.45, 7) is 11.0. The Morgan fingerprint density at radius 2 is 1.88 bits per heavy atom. The van der Waals surface area contributed by atoms with Crippen LogP contribution in [0.3, 0.4) is 0 Å². The molecule has 1 aromatic carbocycles. The Morgan fingerprint density at radius 1 is 1.23 bits per heavy atom. The minimum absolute atomic E-state index is 0.234. The lowest BCUT2D eigenvalue weighted by atomic mass is 10.1. The van der Waals surface area contributed by atoms with Crippen molar-refractivity contribution in [1.29, 1.82) is 0 Å². The van der Waals surface area contributed by atoms with E-state index in [0.29, 0.717) is 6.54 Å². The Labute approximate surface area is 157 Å². The van der Waals surface area contributed by atoms with Gasteiger partial charge in [-0.25, -0.2) is 4.79 Å². The van der Waals surface area contributed by atoms with Gasteiger partial charge in [0.1, 0.15) is 5.60 Å². The number of guanidine groups is 1. The molecule has 0 aromatic heterocycles. The van der Waals surface area contributed by atoms with E-state index in [0.717, 1.165) is 31.2 Å². The minimum Gasteiger partial charge on any atom is -0.444 e. The van der Waals surface area contributed by atoms with E-state index in [1.165, 1.54) is 12.8 Å². The molecule has 2 rings (SSSR count). The third kappa shape index (κ3) is 6.58. The van der Waals surface area contributed by atoms with Crippen LogP contribution in [0.25, 0.3) is 0 Å². The number of rotatable bonds is 5. The summed E-state index contributed by atoms with van der Waals surface area (Å²) in [5.41, 5.74) is 0.485. The molecule has 144 valence electrons. The van der Waals surface area contributed by atoms with Crippen LogP contribution >= 0.6 is 0 Å². The van der Waals surface area contributed by atoms with Crippen molar-refractivity contribution in [2.75, 3.05) is 26.2 Å². The van der Waals surface area contributed by atoms with Gasteiger partial charge in [-0.3, -0.25) is 4.99 Å². The smallest absolute Gasteiger partial charge is 0.408 e. The zero-order valence-electron chi connectivity index (χ0n) is 16.4. The van der Waals surface area contributed by atoms with Gasteiger partial charge in [-0.1, -0.05) is 30.3 Å². The van der Waals surface area contributed by atoms with E-state index in [9.17, 15) is 4.79 Å². The topological polar surface area (TPSA) is 66.0 Å². The van der Waals surface area contributed by atoms with Gasteiger partial charge in [0.25, 0.3) is 0 Å². The Morgan fingerprint density at radius 3 is 2.46 bits per heavy atom. The average Bonchev–Trinajstić information content (AvgIpc) is 3.11. The summed E-state index contributed by atoms with van der Waals surface area (Å²) in [7, 11) is 0. The first-order valence-corrected chi connectivity index (χ1v) is 9.47. The number of amides is 1. The van der Waals surface area contributed by atoms with Gasteiger partial charge in [0.15, 0.2) is 5.96 Å². The van der Waals surface area contributed by atoms with Crippen LogP contribution in [0.5, 0.6) is 0 Å². The lowest BCUT2D eigenvalue weighted by Gasteiger charge is -2.25. The molecule has 0 spiro atoms. The van der Waals surface area contributed by atoms with Gasteiger partial charge in [0.2, 0.25) is 0 Å². The third-order valence-electron chi connectivity index (χ3n) is 4.06. The molecule has 0 radical (unpaired) electrons. The zero-order valence-corrected chi connectivity index (χ0v) is 16.4. The van der Waals surface area contributed by atoms with Gasteiger partial charge < -0.3 is 20.3 Å². The van der Waals surface area contributed by atoms with Crippen LogP contribution in [-0.2, 0) is 4.74 Å². The highest BCUT2D eigenvalue weighted by atomic mass is 16.6. The summed E-state index contributed by atoms with van der Waals surface area (Å²) < 4.78 is 5.42. The van der Waals surface area contributed by atoms with Crippen molar-refractivity contribution in [3.63, 3.8) is 0 Å². The summed E-state index contributed by atoms with van der Waals surface area (Å²) >= 11 is 0. The van der Waals surface area contributed by atoms with Crippen molar-refractivity contribution >= 4 is 12.1 Å². The van der Waals surface area contributed by atoms with Crippen LogP contribution < -0.4 is 10.6 Å². The van der Waals surface area contributed by atoms with Gasteiger partial charge >= 0.3 is 6.09 Å². The predicted molar refractivity (Wildman–Crippen MR) is 105 cm³/mol. The molecule has 1 saturated heterocycles. The maximum atomic E-state index is 12.3. The zero-order chi connectivity index (χ0) is 19.0. The van der Waals surface area contributed by atoms with Gasteiger partial charge in [-0.15, -0.1) is 0 Å². The quantitative estimate of drug-likeness (QED) is 0.624. The number of alkyl carbamates (subject to hydrolysis) is 1. The summed E-state index contributed by atoms with van der Waals surface area (Å²) in [5.74, 6) is 0.914. The number of hydrogen-bond donors (Lipinski definition) is 2. The van der Waals surface area contributed by atoms with Gasteiger partial charge in [-0.2, -0.15) is 0 Å². The van der Waals surface area contributed by atoms with Crippen LogP contribution in [0.2, 0.25) is 0 Å². The van der Waals surface area contributed by atoms with Gasteiger partial charge in [0.05, 0.1) is 12.6 Å². The lowest BCUT2D eigenvalue weighted by molar-refractivity contribution is 0.0505. The second kappa shape index (κ2) is 9.46. The Kier molecular flexibility index (Phi) is 7.30. The van der Waals surface area contributed by atoms with Crippen molar-refractivity contribution in [1.82, 2.24) is 15.5 Å². The molecular weight excluding hydrogens is 328 g/mol. The van der Waals surface area contributed by atoms with E-state index in [1.54, 1.807) is 0 Å². The van der Waals surface area contributed by atoms with Crippen LogP contribution in [0, 0.1) is 0 Å². The number of carbonyl (C=O) groups is 1. The van der Waals surface area contributed by atoms with E-state index >= 15 is 0 Å². The van der Waals surface area contributed by atoms with Crippen LogP contribution in [0.1, 0.15) is 52.1 Å². The summed E-state index contributed by atoms with van der Waals surface area (Å²) in [6.07, 6.45) is 1.97. The summed E-state index contributed by atoms with van der Waals surface area (Å²) in [5, 5.41) is 6.32. The van der Waals surface area contributed by atoms with Gasteiger partial charge in [-0.05, 0) is 46.1 Å². The maximum Gasteiger partial charge on any atom is 0.408 e. The highest BCUT2D eigenvalue weighted by Crippen LogP contribution is 2.16. The first-order chi connectivity index (χ1) is 12.4. The Balaban J connectivity index is 2.12. The molecule has 2 N–H and O–H groups in total. The highest BCUT2D eigenvalue weighted by Gasteiger charge is 2.21. The average molecular weight is 361 g/mol. The van der Waals surface area contributed by atoms with E-state index in [1.807, 2.05) is 51.1 Å². The molecule has 26 heavy (non-hydrogen) atoms. The van der Waals surface area contributed by atoms with Crippen molar-refractivity contribution < 1.29 is 9.53 Å². The number of carbonyl (C=O) groups excluding carboxylic acids is 1.